The zero-order valence-electron chi connectivity index (χ0n) is 40.8. The number of benzene rings is 9. The van der Waals surface area contributed by atoms with Crippen LogP contribution >= 0.6 is 0 Å². The molecule has 0 radical (unpaired) electrons. The van der Waals surface area contributed by atoms with Crippen LogP contribution in [0.2, 0.25) is 0 Å². The molecule has 2 unspecified atom stereocenters. The van der Waals surface area contributed by atoms with Crippen molar-refractivity contribution < 1.29 is 4.42 Å². The molecular weight excluding hydrogens is 875 g/mol. The van der Waals surface area contributed by atoms with E-state index in [0.29, 0.717) is 17.8 Å². The molecule has 3 aromatic heterocycles. The minimum Gasteiger partial charge on any atom is -0.455 e. The van der Waals surface area contributed by atoms with Gasteiger partial charge in [0.25, 0.3) is 0 Å². The van der Waals surface area contributed by atoms with Crippen molar-refractivity contribution in [3.63, 3.8) is 0 Å². The van der Waals surface area contributed by atoms with E-state index in [1.165, 1.54) is 44.5 Å². The molecule has 4 heteroatoms. The summed E-state index contributed by atoms with van der Waals surface area (Å²) in [4.78, 5) is 11.0. The molecule has 0 aliphatic heterocycles. The molecule has 0 N–H and O–H groups in total. The SMILES string of the molecule is CC.CC1(C)c2ccccc2-c2c(-c3cccc(-c4cccc(-c5cccc6c7cc(-c8cccc9c8oc8ccccc89)ccc7n(-c7nc(C8=CC=CC9CC89)c8ccccc8n7)c56)c4)c3)cccc21. The van der Waals surface area contributed by atoms with Gasteiger partial charge in [0.2, 0.25) is 5.95 Å². The highest BCUT2D eigenvalue weighted by Crippen LogP contribution is 2.54. The van der Waals surface area contributed by atoms with E-state index in [1.807, 2.05) is 19.9 Å². The maximum absolute atomic E-state index is 6.60. The predicted octanol–water partition coefficient (Wildman–Crippen LogP) is 18.2. The summed E-state index contributed by atoms with van der Waals surface area (Å²) in [6, 6.07) is 70.8. The summed E-state index contributed by atoms with van der Waals surface area (Å²) in [5, 5.41) is 5.60. The van der Waals surface area contributed by atoms with E-state index in [4.69, 9.17) is 14.4 Å². The number of fused-ring (bicyclic) bond motifs is 11. The maximum atomic E-state index is 6.60. The van der Waals surface area contributed by atoms with Crippen LogP contribution in [0.3, 0.4) is 0 Å². The minimum atomic E-state index is -0.0637. The molecule has 9 aromatic carbocycles. The van der Waals surface area contributed by atoms with E-state index in [0.717, 1.165) is 94.6 Å². The van der Waals surface area contributed by atoms with E-state index >= 15 is 0 Å². The molecule has 344 valence electrons. The third-order valence-corrected chi connectivity index (χ3v) is 15.7. The summed E-state index contributed by atoms with van der Waals surface area (Å²) >= 11 is 0. The summed E-state index contributed by atoms with van der Waals surface area (Å²) < 4.78 is 8.93. The molecule has 3 aliphatic rings. The van der Waals surface area contributed by atoms with Gasteiger partial charge in [0.15, 0.2) is 0 Å². The number of aromatic nitrogens is 3. The Morgan fingerprint density at radius 1 is 0.514 bits per heavy atom. The van der Waals surface area contributed by atoms with Crippen LogP contribution in [0.15, 0.2) is 217 Å². The van der Waals surface area contributed by atoms with Gasteiger partial charge >= 0.3 is 0 Å². The van der Waals surface area contributed by atoms with Crippen molar-refractivity contribution in [2.24, 2.45) is 11.8 Å². The molecular formula is C68H51N3O. The summed E-state index contributed by atoms with van der Waals surface area (Å²) in [6.07, 6.45) is 8.01. The Kier molecular flexibility index (Phi) is 9.53. The Morgan fingerprint density at radius 3 is 1.99 bits per heavy atom. The standard InChI is InChI=1S/C66H45N3O.C2H6/c1-66(2)56-29-6-3-21-52(56)61-45(23-14-30-57(61)66)41-17-9-15-39(35-41)40-16-10-18-42(36-40)46-24-12-27-50-55-38-44(47-25-13-28-51-48-20-5-8-32-60(48)70-64(47)51)33-34-59(55)69(63(46)50)65-67-58-31-7-4-22-53(58)62(68-65)49-26-11-19-43-37-54(43)49;1-2/h3-36,38,43,54H,37H2,1-2H3;1-2H3. The molecule has 12 aromatic rings. The summed E-state index contributed by atoms with van der Waals surface area (Å²) in [5.74, 6) is 1.74. The van der Waals surface area contributed by atoms with Gasteiger partial charge in [-0.2, -0.15) is 0 Å². The summed E-state index contributed by atoms with van der Waals surface area (Å²) in [6.45, 7) is 8.70. The highest BCUT2D eigenvalue weighted by atomic mass is 16.3. The van der Waals surface area contributed by atoms with Gasteiger partial charge in [0.1, 0.15) is 11.2 Å². The van der Waals surface area contributed by atoms with Gasteiger partial charge in [-0.3, -0.25) is 4.57 Å². The monoisotopic (exact) mass is 925 g/mol. The van der Waals surface area contributed by atoms with Crippen LogP contribution in [0.5, 0.6) is 0 Å². The van der Waals surface area contributed by atoms with Gasteiger partial charge in [-0.15, -0.1) is 0 Å². The van der Waals surface area contributed by atoms with Crippen LogP contribution in [-0.2, 0) is 5.41 Å². The van der Waals surface area contributed by atoms with Crippen molar-refractivity contribution in [2.45, 2.75) is 39.5 Å². The second-order valence-corrected chi connectivity index (χ2v) is 20.0. The fourth-order valence-electron chi connectivity index (χ4n) is 12.2. The molecule has 0 saturated heterocycles. The quantitative estimate of drug-likeness (QED) is 0.167. The first-order chi connectivity index (χ1) is 35.5. The number of allylic oxidation sites excluding steroid dienone is 4. The van der Waals surface area contributed by atoms with Crippen LogP contribution < -0.4 is 0 Å². The van der Waals surface area contributed by atoms with E-state index in [2.05, 4.69) is 225 Å². The second-order valence-electron chi connectivity index (χ2n) is 20.0. The molecule has 1 fully saturated rings. The Labute approximate surface area is 419 Å². The van der Waals surface area contributed by atoms with Crippen molar-refractivity contribution in [1.29, 1.82) is 0 Å². The molecule has 3 heterocycles. The van der Waals surface area contributed by atoms with Crippen molar-refractivity contribution in [3.8, 4) is 61.6 Å². The van der Waals surface area contributed by atoms with Crippen LogP contribution in [0.25, 0.3) is 122 Å². The van der Waals surface area contributed by atoms with E-state index < -0.39 is 0 Å². The number of rotatable bonds is 6. The Balaban J connectivity index is 0.00000238. The molecule has 15 rings (SSSR count). The van der Waals surface area contributed by atoms with Crippen molar-refractivity contribution in [2.75, 3.05) is 0 Å². The third kappa shape index (κ3) is 6.38. The van der Waals surface area contributed by atoms with Crippen molar-refractivity contribution >= 4 is 60.2 Å². The lowest BCUT2D eigenvalue weighted by Crippen LogP contribution is -2.14. The largest absolute Gasteiger partial charge is 0.455 e. The number of nitrogens with zero attached hydrogens (tertiary/aromatic N) is 3. The Hall–Kier alpha value is -8.60. The average molecular weight is 926 g/mol. The maximum Gasteiger partial charge on any atom is 0.235 e. The summed E-state index contributed by atoms with van der Waals surface area (Å²) in [5.41, 5.74) is 21.8. The smallest absolute Gasteiger partial charge is 0.235 e. The minimum absolute atomic E-state index is 0.0637. The van der Waals surface area contributed by atoms with Crippen LogP contribution in [0.4, 0.5) is 0 Å². The highest BCUT2D eigenvalue weighted by molar-refractivity contribution is 6.16. The molecule has 3 aliphatic carbocycles. The van der Waals surface area contributed by atoms with Crippen molar-refractivity contribution in [3.05, 3.63) is 229 Å². The van der Waals surface area contributed by atoms with Crippen LogP contribution in [0.1, 0.15) is 50.9 Å². The van der Waals surface area contributed by atoms with Crippen molar-refractivity contribution in [1.82, 2.24) is 14.5 Å². The van der Waals surface area contributed by atoms with Gasteiger partial charge in [0.05, 0.1) is 22.2 Å². The van der Waals surface area contributed by atoms with Gasteiger partial charge in [0, 0.05) is 43.5 Å². The first-order valence-electron chi connectivity index (χ1n) is 25.5. The Morgan fingerprint density at radius 2 is 1.14 bits per heavy atom. The summed E-state index contributed by atoms with van der Waals surface area (Å²) in [7, 11) is 0. The van der Waals surface area contributed by atoms with Gasteiger partial charge < -0.3 is 4.42 Å². The molecule has 72 heavy (non-hydrogen) atoms. The Bertz CT molecular complexity index is 4270. The fraction of sp³-hybridized carbons (Fsp3) is 0.118. The zero-order valence-corrected chi connectivity index (χ0v) is 40.8. The lowest BCUT2D eigenvalue weighted by Gasteiger charge is -2.21. The molecule has 0 spiro atoms. The first-order valence-corrected chi connectivity index (χ1v) is 25.5. The average Bonchev–Trinajstić information content (AvgIpc) is 3.96. The van der Waals surface area contributed by atoms with Crippen LogP contribution in [0, 0.1) is 11.8 Å². The number of hydrogen-bond acceptors (Lipinski definition) is 3. The van der Waals surface area contributed by atoms with E-state index in [-0.39, 0.29) is 5.41 Å². The second kappa shape index (κ2) is 16.2. The third-order valence-electron chi connectivity index (χ3n) is 15.7. The molecule has 1 saturated carbocycles. The molecule has 2 atom stereocenters. The topological polar surface area (TPSA) is 43.9 Å². The van der Waals surface area contributed by atoms with Gasteiger partial charge in [-0.25, -0.2) is 9.97 Å². The van der Waals surface area contributed by atoms with Gasteiger partial charge in [-0.1, -0.05) is 204 Å². The van der Waals surface area contributed by atoms with E-state index in [1.54, 1.807) is 0 Å². The molecule has 0 bridgehead atoms. The van der Waals surface area contributed by atoms with Gasteiger partial charge in [-0.05, 0) is 116 Å². The number of hydrogen-bond donors (Lipinski definition) is 0. The lowest BCUT2D eigenvalue weighted by atomic mass is 9.82. The fourth-order valence-corrected chi connectivity index (χ4v) is 12.2. The molecule has 0 amide bonds. The predicted molar refractivity (Wildman–Crippen MR) is 301 cm³/mol. The lowest BCUT2D eigenvalue weighted by molar-refractivity contribution is 0.660. The van der Waals surface area contributed by atoms with Crippen LogP contribution in [-0.4, -0.2) is 14.5 Å². The normalized spacial score (nSPS) is 16.1. The molecule has 4 nitrogen and oxygen atoms in total. The number of furan rings is 1. The highest BCUT2D eigenvalue weighted by Gasteiger charge is 2.41. The number of para-hydroxylation sites is 4. The van der Waals surface area contributed by atoms with E-state index in [9.17, 15) is 0 Å². The first kappa shape index (κ1) is 42.3. The zero-order chi connectivity index (χ0) is 48.2.